The molecule has 1 heterocycles. The van der Waals surface area contributed by atoms with E-state index >= 15 is 0 Å². The van der Waals surface area contributed by atoms with Gasteiger partial charge in [0, 0.05) is 13.1 Å². The highest BCUT2D eigenvalue weighted by Crippen LogP contribution is 2.13. The van der Waals surface area contributed by atoms with Crippen LogP contribution in [0.5, 0.6) is 0 Å². The molecule has 1 aromatic rings. The van der Waals surface area contributed by atoms with E-state index in [-0.39, 0.29) is 6.10 Å². The lowest BCUT2D eigenvalue weighted by atomic mass is 10.1. The number of epoxide rings is 1. The highest BCUT2D eigenvalue weighted by atomic mass is 32.2. The SMILES string of the molecule is CS(=O)(=O)N(CCc1ccccc1)CC1CO1. The fourth-order valence-corrected chi connectivity index (χ4v) is 2.55. The number of nitrogens with zero attached hydrogens (tertiary/aromatic N) is 1. The summed E-state index contributed by atoms with van der Waals surface area (Å²) in [7, 11) is -3.14. The van der Waals surface area contributed by atoms with Gasteiger partial charge in [-0.15, -0.1) is 0 Å². The summed E-state index contributed by atoms with van der Waals surface area (Å²) in [6, 6.07) is 9.90. The summed E-state index contributed by atoms with van der Waals surface area (Å²) >= 11 is 0. The van der Waals surface area contributed by atoms with E-state index in [1.165, 1.54) is 10.6 Å². The molecule has 5 heteroatoms. The monoisotopic (exact) mass is 255 g/mol. The van der Waals surface area contributed by atoms with Crippen LogP contribution in [0, 0.1) is 0 Å². The van der Waals surface area contributed by atoms with E-state index in [0.29, 0.717) is 19.7 Å². The Morgan fingerprint density at radius 3 is 2.53 bits per heavy atom. The van der Waals surface area contributed by atoms with Crippen LogP contribution in [0.1, 0.15) is 5.56 Å². The Labute approximate surface area is 102 Å². The van der Waals surface area contributed by atoms with Crippen LogP contribution in [0.2, 0.25) is 0 Å². The molecule has 17 heavy (non-hydrogen) atoms. The average molecular weight is 255 g/mol. The number of sulfonamides is 1. The second-order valence-corrected chi connectivity index (χ2v) is 6.29. The van der Waals surface area contributed by atoms with Crippen LogP contribution in [0.4, 0.5) is 0 Å². The number of rotatable bonds is 6. The highest BCUT2D eigenvalue weighted by Gasteiger charge is 2.29. The molecule has 1 aliphatic heterocycles. The Bertz CT molecular complexity index is 454. The van der Waals surface area contributed by atoms with Gasteiger partial charge < -0.3 is 4.74 Å². The van der Waals surface area contributed by atoms with Gasteiger partial charge in [-0.05, 0) is 12.0 Å². The third-order valence-electron chi connectivity index (χ3n) is 2.77. The summed E-state index contributed by atoms with van der Waals surface area (Å²) in [4.78, 5) is 0. The van der Waals surface area contributed by atoms with E-state index in [1.54, 1.807) is 0 Å². The van der Waals surface area contributed by atoms with Crippen LogP contribution >= 0.6 is 0 Å². The van der Waals surface area contributed by atoms with Crippen LogP contribution < -0.4 is 0 Å². The molecule has 0 bridgehead atoms. The van der Waals surface area contributed by atoms with Crippen molar-refractivity contribution >= 4 is 10.0 Å². The normalized spacial score (nSPS) is 19.5. The van der Waals surface area contributed by atoms with Crippen molar-refractivity contribution in [1.82, 2.24) is 4.31 Å². The molecule has 2 rings (SSSR count). The quantitative estimate of drug-likeness (QED) is 0.709. The van der Waals surface area contributed by atoms with E-state index < -0.39 is 10.0 Å². The van der Waals surface area contributed by atoms with Crippen LogP contribution in [-0.4, -0.2) is 44.8 Å². The third kappa shape index (κ3) is 4.11. The molecule has 0 radical (unpaired) electrons. The Morgan fingerprint density at radius 1 is 1.35 bits per heavy atom. The van der Waals surface area contributed by atoms with Crippen LogP contribution in [0.15, 0.2) is 30.3 Å². The molecule has 0 amide bonds. The summed E-state index contributed by atoms with van der Waals surface area (Å²) in [5, 5.41) is 0. The van der Waals surface area contributed by atoms with E-state index in [4.69, 9.17) is 4.74 Å². The van der Waals surface area contributed by atoms with E-state index in [2.05, 4.69) is 0 Å². The van der Waals surface area contributed by atoms with E-state index in [9.17, 15) is 8.42 Å². The molecular formula is C12H17NO3S. The summed E-state index contributed by atoms with van der Waals surface area (Å²) in [5.41, 5.74) is 1.15. The van der Waals surface area contributed by atoms with Gasteiger partial charge in [0.05, 0.1) is 19.0 Å². The maximum Gasteiger partial charge on any atom is 0.211 e. The lowest BCUT2D eigenvalue weighted by Crippen LogP contribution is -2.35. The van der Waals surface area contributed by atoms with Gasteiger partial charge in [0.15, 0.2) is 0 Å². The molecule has 0 aromatic heterocycles. The molecular weight excluding hydrogens is 238 g/mol. The first kappa shape index (κ1) is 12.5. The molecule has 1 aliphatic rings. The number of hydrogen-bond donors (Lipinski definition) is 0. The Kier molecular flexibility index (Phi) is 3.81. The largest absolute Gasteiger partial charge is 0.372 e. The first-order valence-electron chi connectivity index (χ1n) is 5.66. The predicted octanol–water partition coefficient (Wildman–Crippen LogP) is 0.889. The third-order valence-corrected chi connectivity index (χ3v) is 4.04. The molecule has 0 aliphatic carbocycles. The lowest BCUT2D eigenvalue weighted by Gasteiger charge is -2.18. The molecule has 4 nitrogen and oxygen atoms in total. The molecule has 1 unspecified atom stereocenters. The van der Waals surface area contributed by atoms with Gasteiger partial charge in [0.1, 0.15) is 0 Å². The van der Waals surface area contributed by atoms with Gasteiger partial charge in [-0.25, -0.2) is 8.42 Å². The fourth-order valence-electron chi connectivity index (χ4n) is 1.69. The molecule has 1 aromatic carbocycles. The van der Waals surface area contributed by atoms with Crippen molar-refractivity contribution in [3.05, 3.63) is 35.9 Å². The zero-order chi connectivity index (χ0) is 12.3. The second-order valence-electron chi connectivity index (χ2n) is 4.31. The average Bonchev–Trinajstić information content (AvgIpc) is 3.08. The van der Waals surface area contributed by atoms with Gasteiger partial charge in [0.2, 0.25) is 10.0 Å². The van der Waals surface area contributed by atoms with E-state index in [1.807, 2.05) is 30.3 Å². The van der Waals surface area contributed by atoms with Crippen LogP contribution in [-0.2, 0) is 21.2 Å². The summed E-state index contributed by atoms with van der Waals surface area (Å²) in [6.45, 7) is 1.67. The van der Waals surface area contributed by atoms with Gasteiger partial charge in [-0.3, -0.25) is 0 Å². The minimum atomic E-state index is -3.14. The van der Waals surface area contributed by atoms with Crippen molar-refractivity contribution in [2.45, 2.75) is 12.5 Å². The van der Waals surface area contributed by atoms with Crippen molar-refractivity contribution in [3.8, 4) is 0 Å². The molecule has 1 atom stereocenters. The van der Waals surface area contributed by atoms with Crippen molar-refractivity contribution in [1.29, 1.82) is 0 Å². The summed E-state index contributed by atoms with van der Waals surface area (Å²) in [5.74, 6) is 0. The van der Waals surface area contributed by atoms with Gasteiger partial charge >= 0.3 is 0 Å². The number of hydrogen-bond acceptors (Lipinski definition) is 3. The minimum Gasteiger partial charge on any atom is -0.372 e. The second kappa shape index (κ2) is 5.16. The Morgan fingerprint density at radius 2 is 2.00 bits per heavy atom. The molecule has 0 N–H and O–H groups in total. The smallest absolute Gasteiger partial charge is 0.211 e. The summed E-state index contributed by atoms with van der Waals surface area (Å²) in [6.07, 6.45) is 2.08. The van der Waals surface area contributed by atoms with Gasteiger partial charge in [0.25, 0.3) is 0 Å². The predicted molar refractivity (Wildman–Crippen MR) is 66.3 cm³/mol. The van der Waals surface area contributed by atoms with Gasteiger partial charge in [-0.1, -0.05) is 30.3 Å². The first-order valence-corrected chi connectivity index (χ1v) is 7.51. The Hall–Kier alpha value is -0.910. The zero-order valence-corrected chi connectivity index (χ0v) is 10.7. The lowest BCUT2D eigenvalue weighted by molar-refractivity contribution is 0.338. The van der Waals surface area contributed by atoms with Crippen molar-refractivity contribution < 1.29 is 13.2 Å². The molecule has 0 saturated carbocycles. The van der Waals surface area contributed by atoms with Crippen LogP contribution in [0.25, 0.3) is 0 Å². The first-order chi connectivity index (χ1) is 8.05. The number of benzene rings is 1. The number of ether oxygens (including phenoxy) is 1. The maximum atomic E-state index is 11.6. The highest BCUT2D eigenvalue weighted by molar-refractivity contribution is 7.88. The molecule has 94 valence electrons. The fraction of sp³-hybridized carbons (Fsp3) is 0.500. The van der Waals surface area contributed by atoms with Crippen molar-refractivity contribution in [2.24, 2.45) is 0 Å². The Balaban J connectivity index is 1.93. The minimum absolute atomic E-state index is 0.0977. The maximum absolute atomic E-state index is 11.6. The molecule has 1 saturated heterocycles. The summed E-state index contributed by atoms with van der Waals surface area (Å²) < 4.78 is 29.8. The van der Waals surface area contributed by atoms with Crippen molar-refractivity contribution in [3.63, 3.8) is 0 Å². The standard InChI is InChI=1S/C12H17NO3S/c1-17(14,15)13(9-12-10-16-12)8-7-11-5-3-2-4-6-11/h2-6,12H,7-10H2,1H3. The molecule has 0 spiro atoms. The molecule has 1 fully saturated rings. The van der Waals surface area contributed by atoms with Crippen molar-refractivity contribution in [2.75, 3.05) is 26.0 Å². The van der Waals surface area contributed by atoms with E-state index in [0.717, 1.165) is 12.0 Å². The zero-order valence-electron chi connectivity index (χ0n) is 9.87. The van der Waals surface area contributed by atoms with Crippen LogP contribution in [0.3, 0.4) is 0 Å². The topological polar surface area (TPSA) is 49.9 Å². The van der Waals surface area contributed by atoms with Gasteiger partial charge in [-0.2, -0.15) is 4.31 Å².